The van der Waals surface area contributed by atoms with Gasteiger partial charge >= 0.3 is 0 Å². The average Bonchev–Trinajstić information content (AvgIpc) is 2.79. The molecule has 0 bridgehead atoms. The average molecular weight is 134 g/mol. The van der Waals surface area contributed by atoms with Gasteiger partial charge < -0.3 is 0 Å². The van der Waals surface area contributed by atoms with Crippen molar-refractivity contribution in [1.29, 1.82) is 0 Å². The molecule has 0 heteroatoms. The van der Waals surface area contributed by atoms with Crippen LogP contribution in [-0.2, 0) is 0 Å². The molecule has 0 aromatic carbocycles. The van der Waals surface area contributed by atoms with E-state index in [2.05, 4.69) is 18.4 Å². The van der Waals surface area contributed by atoms with Crippen LogP contribution >= 0.6 is 0 Å². The quantitative estimate of drug-likeness (QED) is 0.521. The van der Waals surface area contributed by atoms with Crippen molar-refractivity contribution < 1.29 is 0 Å². The largest absolute Gasteiger partial charge is 0.133 e. The second kappa shape index (κ2) is 2.00. The first-order valence-corrected chi connectivity index (χ1v) is 4.22. The summed E-state index contributed by atoms with van der Waals surface area (Å²) in [5.41, 5.74) is 3.72. The first kappa shape index (κ1) is 6.24. The van der Waals surface area contributed by atoms with Crippen LogP contribution in [0.15, 0.2) is 18.4 Å². The van der Waals surface area contributed by atoms with E-state index in [9.17, 15) is 0 Å². The van der Waals surface area contributed by atoms with Gasteiger partial charge in [0.05, 0.1) is 0 Å². The second-order valence-corrected chi connectivity index (χ2v) is 3.75. The van der Waals surface area contributed by atoms with Gasteiger partial charge in [0.2, 0.25) is 0 Å². The van der Waals surface area contributed by atoms with Crippen molar-refractivity contribution in [3.05, 3.63) is 18.4 Å². The van der Waals surface area contributed by atoms with Crippen LogP contribution in [0.4, 0.5) is 0 Å². The van der Waals surface area contributed by atoms with Crippen molar-refractivity contribution >= 4 is 0 Å². The number of rotatable bonds is 3. The third-order valence-corrected chi connectivity index (χ3v) is 3.05. The highest BCUT2D eigenvalue weighted by atomic mass is 14.7. The minimum absolute atomic E-state index is 0.898. The van der Waals surface area contributed by atoms with E-state index in [1.807, 2.05) is 0 Å². The van der Waals surface area contributed by atoms with E-state index in [1.54, 1.807) is 0 Å². The Labute approximate surface area is 62.6 Å². The third kappa shape index (κ3) is 0.932. The molecule has 0 radical (unpaired) electrons. The molecule has 54 valence electrons. The minimum atomic E-state index is 0.898. The van der Waals surface area contributed by atoms with Crippen molar-refractivity contribution in [1.82, 2.24) is 0 Å². The molecule has 0 saturated heterocycles. The zero-order valence-corrected chi connectivity index (χ0v) is 6.40. The van der Waals surface area contributed by atoms with Gasteiger partial charge in [-0.3, -0.25) is 0 Å². The maximum atomic E-state index is 3.55. The first-order valence-electron chi connectivity index (χ1n) is 4.22. The Balaban J connectivity index is 1.69. The van der Waals surface area contributed by atoms with Gasteiger partial charge in [-0.1, -0.05) is 6.58 Å². The number of allylic oxidation sites excluding steroid dienone is 1. The first-order chi connectivity index (χ1) is 4.87. The van der Waals surface area contributed by atoms with Crippen LogP contribution in [0.1, 0.15) is 32.1 Å². The Hall–Kier alpha value is -0.480. The van der Waals surface area contributed by atoms with E-state index in [-0.39, 0.29) is 0 Å². The van der Waals surface area contributed by atoms with Crippen LogP contribution in [0, 0.1) is 11.3 Å². The Bertz CT molecular complexity index is 180. The van der Waals surface area contributed by atoms with E-state index >= 15 is 0 Å². The number of hydrogen-bond donors (Lipinski definition) is 0. The van der Waals surface area contributed by atoms with Gasteiger partial charge in [-0.05, 0) is 49.5 Å². The molecule has 2 rings (SSSR count). The van der Waals surface area contributed by atoms with Gasteiger partial charge in [0.1, 0.15) is 0 Å². The smallest absolute Gasteiger partial charge is 0.0266 e. The lowest BCUT2D eigenvalue weighted by Crippen LogP contribution is -1.78. The number of hydrogen-bond acceptors (Lipinski definition) is 0. The van der Waals surface area contributed by atoms with E-state index in [0.717, 1.165) is 11.3 Å². The summed E-state index contributed by atoms with van der Waals surface area (Å²) in [5, 5.41) is 0. The third-order valence-electron chi connectivity index (χ3n) is 3.05. The van der Waals surface area contributed by atoms with Crippen molar-refractivity contribution in [3.8, 4) is 0 Å². The lowest BCUT2D eigenvalue weighted by atomic mass is 10.2. The molecule has 1 spiro atoms. The molecule has 1 atom stereocenters. The van der Waals surface area contributed by atoms with Crippen molar-refractivity contribution in [2.24, 2.45) is 11.3 Å². The Morgan fingerprint density at radius 1 is 1.60 bits per heavy atom. The van der Waals surface area contributed by atoms with Gasteiger partial charge in [-0.25, -0.2) is 0 Å². The van der Waals surface area contributed by atoms with Gasteiger partial charge in [-0.2, -0.15) is 0 Å². The molecule has 0 heterocycles. The molecule has 2 aliphatic rings. The lowest BCUT2D eigenvalue weighted by molar-refractivity contribution is 0.652. The van der Waals surface area contributed by atoms with Gasteiger partial charge in [0.15, 0.2) is 0 Å². The van der Waals surface area contributed by atoms with Crippen LogP contribution in [0.25, 0.3) is 0 Å². The summed E-state index contributed by atoms with van der Waals surface area (Å²) in [6.07, 6.45) is 9.23. The summed E-state index contributed by atoms with van der Waals surface area (Å²) in [4.78, 5) is 0. The highest BCUT2D eigenvalue weighted by Gasteiger charge is 2.61. The molecule has 0 aromatic rings. The second-order valence-electron chi connectivity index (χ2n) is 3.75. The monoisotopic (exact) mass is 134 g/mol. The molecular weight excluding hydrogens is 120 g/mol. The summed E-state index contributed by atoms with van der Waals surface area (Å²) in [7, 11) is 0. The summed E-state index contributed by atoms with van der Waals surface area (Å²) < 4.78 is 0. The molecule has 0 nitrogen and oxygen atoms in total. The van der Waals surface area contributed by atoms with E-state index < -0.39 is 0 Å². The van der Waals surface area contributed by atoms with Crippen molar-refractivity contribution in [3.63, 3.8) is 0 Å². The van der Waals surface area contributed by atoms with Crippen molar-refractivity contribution in [2.45, 2.75) is 32.1 Å². The molecule has 10 heavy (non-hydrogen) atoms. The van der Waals surface area contributed by atoms with Crippen LogP contribution in [-0.4, -0.2) is 0 Å². The van der Waals surface area contributed by atoms with Crippen LogP contribution in [0.5, 0.6) is 0 Å². The maximum absolute atomic E-state index is 3.55. The summed E-state index contributed by atoms with van der Waals surface area (Å²) in [5.74, 6) is 1.08. The normalized spacial score (nSPS) is 31.4. The standard InChI is InChI=1S/C10H14/c1-2-3-4-5-9-8-10(9)6-7-10/h3,9H,1,4-8H2. The fraction of sp³-hybridized carbons (Fsp3) is 0.700. The van der Waals surface area contributed by atoms with Crippen LogP contribution in [0.3, 0.4) is 0 Å². The summed E-state index contributed by atoms with van der Waals surface area (Å²) in [6.45, 7) is 3.55. The molecule has 0 aliphatic heterocycles. The van der Waals surface area contributed by atoms with Gasteiger partial charge in [-0.15, -0.1) is 5.73 Å². The zero-order chi connectivity index (χ0) is 7.03. The molecule has 0 aromatic heterocycles. The van der Waals surface area contributed by atoms with Crippen LogP contribution < -0.4 is 0 Å². The molecule has 0 amide bonds. The predicted octanol–water partition coefficient (Wildman–Crippen LogP) is 2.91. The fourth-order valence-electron chi connectivity index (χ4n) is 2.00. The molecule has 0 N–H and O–H groups in total. The molecule has 2 saturated carbocycles. The zero-order valence-electron chi connectivity index (χ0n) is 6.40. The Kier molecular flexibility index (Phi) is 1.25. The highest BCUT2D eigenvalue weighted by Crippen LogP contribution is 2.71. The SMILES string of the molecule is C=C=CCCC1CC12CC2. The lowest BCUT2D eigenvalue weighted by Gasteiger charge is -1.89. The molecule has 1 unspecified atom stereocenters. The molecule has 2 fully saturated rings. The fourth-order valence-corrected chi connectivity index (χ4v) is 2.00. The minimum Gasteiger partial charge on any atom is -0.133 e. The summed E-state index contributed by atoms with van der Waals surface area (Å²) in [6, 6.07) is 0. The topological polar surface area (TPSA) is 0 Å². The van der Waals surface area contributed by atoms with Crippen LogP contribution in [0.2, 0.25) is 0 Å². The molecule has 2 aliphatic carbocycles. The highest BCUT2D eigenvalue weighted by molar-refractivity contribution is 5.12. The van der Waals surface area contributed by atoms with Gasteiger partial charge in [0, 0.05) is 0 Å². The molecular formula is C10H14. The maximum Gasteiger partial charge on any atom is -0.0266 e. The van der Waals surface area contributed by atoms with E-state index in [4.69, 9.17) is 0 Å². The van der Waals surface area contributed by atoms with Crippen molar-refractivity contribution in [2.75, 3.05) is 0 Å². The Morgan fingerprint density at radius 3 is 2.90 bits per heavy atom. The van der Waals surface area contributed by atoms with E-state index in [0.29, 0.717) is 0 Å². The van der Waals surface area contributed by atoms with E-state index in [1.165, 1.54) is 32.1 Å². The summed E-state index contributed by atoms with van der Waals surface area (Å²) >= 11 is 0. The predicted molar refractivity (Wildman–Crippen MR) is 42.7 cm³/mol. The Morgan fingerprint density at radius 2 is 2.40 bits per heavy atom. The van der Waals surface area contributed by atoms with Gasteiger partial charge in [0.25, 0.3) is 0 Å².